The lowest BCUT2D eigenvalue weighted by Gasteiger charge is -2.09. The van der Waals surface area contributed by atoms with Gasteiger partial charge in [-0.15, -0.1) is 0 Å². The number of hydrogen-bond donors (Lipinski definition) is 1. The Labute approximate surface area is 342 Å². The molecular weight excluding hydrogens is 793 g/mol. The monoisotopic (exact) mass is 828 g/mol. The molecule has 8 aromatic heterocycles. The van der Waals surface area contributed by atoms with Gasteiger partial charge in [0.25, 0.3) is 10.0 Å². The van der Waals surface area contributed by atoms with Crippen LogP contribution in [-0.4, -0.2) is 65.7 Å². The van der Waals surface area contributed by atoms with E-state index in [4.69, 9.17) is 18.9 Å². The zero-order chi connectivity index (χ0) is 40.4. The second-order valence-electron chi connectivity index (χ2n) is 12.8. The molecule has 1 N–H and O–H groups in total. The summed E-state index contributed by atoms with van der Waals surface area (Å²) in [5, 5.41) is 9.96. The Morgan fingerprint density at radius 3 is 1.72 bits per heavy atom. The summed E-state index contributed by atoms with van der Waals surface area (Å²) in [4.78, 5) is 21.2. The van der Waals surface area contributed by atoms with Gasteiger partial charge in [0.2, 0.25) is 23.5 Å². The summed E-state index contributed by atoms with van der Waals surface area (Å²) in [6.45, 7) is 1.91. The van der Waals surface area contributed by atoms with E-state index in [-0.39, 0.29) is 4.90 Å². The molecule has 292 valence electrons. The van der Waals surface area contributed by atoms with Gasteiger partial charge < -0.3 is 23.9 Å². The number of hydrogen-bond acceptors (Lipinski definition) is 12. The first-order valence-corrected chi connectivity index (χ1v) is 21.1. The van der Waals surface area contributed by atoms with Crippen LogP contribution in [0, 0.1) is 6.92 Å². The molecule has 1 aromatic carbocycles. The number of fused-ring (bicyclic) bond motifs is 2. The normalized spacial score (nSPS) is 11.3. The molecule has 0 aliphatic carbocycles. The van der Waals surface area contributed by atoms with Crippen LogP contribution in [0.3, 0.4) is 0 Å². The average molecular weight is 829 g/mol. The van der Waals surface area contributed by atoms with E-state index in [9.17, 15) is 8.42 Å². The highest BCUT2D eigenvalue weighted by molar-refractivity contribution is 7.90. The first-order valence-electron chi connectivity index (χ1n) is 17.8. The molecule has 0 fully saturated rings. The van der Waals surface area contributed by atoms with Crippen LogP contribution >= 0.6 is 22.7 Å². The molecule has 0 saturated heterocycles. The lowest BCUT2D eigenvalue weighted by molar-refractivity contribution is 0.365. The van der Waals surface area contributed by atoms with Crippen molar-refractivity contribution >= 4 is 54.8 Å². The van der Waals surface area contributed by atoms with E-state index in [0.717, 1.165) is 44.4 Å². The van der Waals surface area contributed by atoms with Crippen molar-refractivity contribution in [2.75, 3.05) is 28.4 Å². The first kappa shape index (κ1) is 38.3. The summed E-state index contributed by atoms with van der Waals surface area (Å²) in [6.07, 6.45) is 6.98. The van der Waals surface area contributed by atoms with Crippen LogP contribution in [0.1, 0.15) is 5.56 Å². The van der Waals surface area contributed by atoms with Gasteiger partial charge in [0.05, 0.1) is 33.3 Å². The largest absolute Gasteiger partial charge is 0.481 e. The number of benzene rings is 1. The van der Waals surface area contributed by atoms with Gasteiger partial charge in [-0.25, -0.2) is 22.4 Å². The number of nitrogens with zero attached hydrogens (tertiary/aromatic N) is 5. The minimum absolute atomic E-state index is 0.184. The van der Waals surface area contributed by atoms with Gasteiger partial charge in [0.15, 0.2) is 5.65 Å². The smallest absolute Gasteiger partial charge is 0.269 e. The highest BCUT2D eigenvalue weighted by atomic mass is 32.2. The van der Waals surface area contributed by atoms with E-state index in [1.807, 2.05) is 66.5 Å². The van der Waals surface area contributed by atoms with E-state index < -0.39 is 10.0 Å². The topological polar surface area (TPSA) is 143 Å². The van der Waals surface area contributed by atoms with Crippen LogP contribution < -0.4 is 18.9 Å². The Morgan fingerprint density at radius 1 is 0.603 bits per heavy atom. The Kier molecular flexibility index (Phi) is 10.7. The number of aryl methyl sites for hydroxylation is 1. The predicted molar refractivity (Wildman–Crippen MR) is 229 cm³/mol. The number of thiophene rings is 2. The van der Waals surface area contributed by atoms with Gasteiger partial charge in [-0.1, -0.05) is 17.7 Å². The summed E-state index contributed by atoms with van der Waals surface area (Å²) in [5.41, 5.74) is 9.49. The molecule has 0 aliphatic rings. The zero-order valence-electron chi connectivity index (χ0n) is 32.0. The molecule has 0 atom stereocenters. The van der Waals surface area contributed by atoms with E-state index in [0.29, 0.717) is 45.7 Å². The van der Waals surface area contributed by atoms with Crippen LogP contribution in [0.5, 0.6) is 23.5 Å². The molecular formula is C43H36N6O6S3. The van der Waals surface area contributed by atoms with Crippen LogP contribution in [0.15, 0.2) is 124 Å². The van der Waals surface area contributed by atoms with Gasteiger partial charge in [-0.3, -0.25) is 0 Å². The quantitative estimate of drug-likeness (QED) is 0.142. The van der Waals surface area contributed by atoms with Crippen LogP contribution in [-0.2, 0) is 10.0 Å². The molecule has 9 aromatic rings. The highest BCUT2D eigenvalue weighted by Crippen LogP contribution is 2.43. The second kappa shape index (κ2) is 16.1. The third kappa shape index (κ3) is 7.04. The molecule has 15 heteroatoms. The zero-order valence-corrected chi connectivity index (χ0v) is 34.4. The van der Waals surface area contributed by atoms with Crippen molar-refractivity contribution in [2.24, 2.45) is 0 Å². The summed E-state index contributed by atoms with van der Waals surface area (Å²) in [5.74, 6) is 1.76. The summed E-state index contributed by atoms with van der Waals surface area (Å²) < 4.78 is 50.1. The average Bonchev–Trinajstić information content (AvgIpc) is 4.11. The molecule has 12 nitrogen and oxygen atoms in total. The van der Waals surface area contributed by atoms with Gasteiger partial charge >= 0.3 is 0 Å². The molecule has 0 spiro atoms. The van der Waals surface area contributed by atoms with E-state index in [1.165, 1.54) is 23.8 Å². The summed E-state index contributed by atoms with van der Waals surface area (Å²) in [6, 6.07) is 22.1. The Balaban J connectivity index is 0.000000172. The van der Waals surface area contributed by atoms with Gasteiger partial charge in [-0.2, -0.15) is 32.6 Å². The molecule has 8 heterocycles. The Bertz CT molecular complexity index is 2980. The van der Waals surface area contributed by atoms with E-state index in [1.54, 1.807) is 79.6 Å². The molecule has 0 amide bonds. The number of aromatic amines is 1. The fourth-order valence-electron chi connectivity index (χ4n) is 6.72. The number of aromatic nitrogens is 6. The third-order valence-corrected chi connectivity index (χ3v) is 12.6. The maximum absolute atomic E-state index is 13.7. The fraction of sp³-hybridized carbons (Fsp3) is 0.116. The summed E-state index contributed by atoms with van der Waals surface area (Å²) >= 11 is 3.24. The maximum Gasteiger partial charge on any atom is 0.269 e. The Hall–Kier alpha value is -6.55. The number of ether oxygens (including phenoxy) is 4. The number of nitrogens with one attached hydrogen (secondary N) is 1. The van der Waals surface area contributed by atoms with Crippen molar-refractivity contribution in [3.63, 3.8) is 0 Å². The first-order chi connectivity index (χ1) is 28.2. The molecule has 0 radical (unpaired) electrons. The molecule has 0 bridgehead atoms. The SMILES string of the molecule is COc1ccc(-c2c[nH]c3nccc(-c4ccsc4)c23)c(OC)n1.COc1ccc(-c2cn(S(=O)(=O)c3ccc(C)cc3)c3nccc(-c4ccsc4)c23)c(OC)n1. The molecule has 9 rings (SSSR count). The van der Waals surface area contributed by atoms with E-state index in [2.05, 4.69) is 41.7 Å². The minimum atomic E-state index is -3.92. The van der Waals surface area contributed by atoms with Crippen molar-refractivity contribution in [1.29, 1.82) is 0 Å². The van der Waals surface area contributed by atoms with Gasteiger partial charge in [-0.05, 0) is 99.2 Å². The summed E-state index contributed by atoms with van der Waals surface area (Å²) in [7, 11) is 2.33. The van der Waals surface area contributed by atoms with Gasteiger partial charge in [0.1, 0.15) is 5.65 Å². The fourth-order valence-corrected chi connectivity index (χ4v) is 9.35. The lowest BCUT2D eigenvalue weighted by Crippen LogP contribution is -2.12. The second-order valence-corrected chi connectivity index (χ2v) is 16.2. The number of methoxy groups -OCH3 is 4. The van der Waals surface area contributed by atoms with Crippen LogP contribution in [0.25, 0.3) is 66.6 Å². The van der Waals surface area contributed by atoms with Crippen LogP contribution in [0.4, 0.5) is 0 Å². The lowest BCUT2D eigenvalue weighted by atomic mass is 10.0. The third-order valence-electron chi connectivity index (χ3n) is 9.53. The number of pyridine rings is 4. The van der Waals surface area contributed by atoms with Crippen molar-refractivity contribution in [2.45, 2.75) is 11.8 Å². The molecule has 0 unspecified atom stereocenters. The molecule has 0 saturated carbocycles. The minimum Gasteiger partial charge on any atom is -0.481 e. The predicted octanol–water partition coefficient (Wildman–Crippen LogP) is 9.76. The molecule has 0 aliphatic heterocycles. The van der Waals surface area contributed by atoms with Crippen molar-refractivity contribution < 1.29 is 27.4 Å². The van der Waals surface area contributed by atoms with Crippen molar-refractivity contribution in [1.82, 2.24) is 28.9 Å². The highest BCUT2D eigenvalue weighted by Gasteiger charge is 2.26. The van der Waals surface area contributed by atoms with Gasteiger partial charge in [0, 0.05) is 69.9 Å². The number of rotatable bonds is 10. The van der Waals surface area contributed by atoms with Crippen LogP contribution in [0.2, 0.25) is 0 Å². The molecule has 58 heavy (non-hydrogen) atoms. The Morgan fingerprint density at radius 2 is 1.17 bits per heavy atom. The van der Waals surface area contributed by atoms with E-state index >= 15 is 0 Å². The van der Waals surface area contributed by atoms with Crippen molar-refractivity contribution in [3.05, 3.63) is 125 Å². The van der Waals surface area contributed by atoms with Crippen molar-refractivity contribution in [3.8, 4) is 68.0 Å². The number of H-pyrrole nitrogens is 1. The standard InChI is InChI=1S/C25H21N3O4S2.C18H15N3O2S/c1-16-4-6-18(7-5-16)34(29,30)28-14-21(20-8-9-22(31-2)27-25(20)32-3)23-19(10-12-26-24(23)28)17-11-13-33-15-17;1-22-15-4-3-13(18(21-15)23-2)14-9-20-17-16(14)12(5-7-19-17)11-6-8-24-10-11/h4-15H,1-3H3;3-10H,1-2H3,(H,19,20). The maximum atomic E-state index is 13.7.